The number of hydrogen-bond acceptors (Lipinski definition) is 8. The Labute approximate surface area is 477 Å². The van der Waals surface area contributed by atoms with Crippen LogP contribution in [0.4, 0.5) is 0 Å². The predicted molar refractivity (Wildman–Crippen MR) is 328 cm³/mol. The van der Waals surface area contributed by atoms with E-state index in [1.54, 1.807) is 0 Å². The summed E-state index contributed by atoms with van der Waals surface area (Å²) in [6.07, 6.45) is 74.8. The molecular weight excluding hydrogens is 978 g/mol. The Morgan fingerprint density at radius 3 is 1.04 bits per heavy atom. The smallest absolute Gasteiger partial charge is 0.306 e. The van der Waals surface area contributed by atoms with Crippen LogP contribution in [0.1, 0.15) is 316 Å². The van der Waals surface area contributed by atoms with Crippen molar-refractivity contribution in [1.29, 1.82) is 0 Å². The number of carbonyl (C=O) groups is 2. The number of rotatable bonds is 61. The summed E-state index contributed by atoms with van der Waals surface area (Å²) in [7, 11) is 1.17. The minimum Gasteiger partial charge on any atom is -0.756 e. The molecule has 9 nitrogen and oxygen atoms in total. The van der Waals surface area contributed by atoms with E-state index >= 15 is 0 Å². The molecule has 0 rings (SSSR count). The third-order valence-corrected chi connectivity index (χ3v) is 15.5. The van der Waals surface area contributed by atoms with E-state index in [4.69, 9.17) is 18.5 Å². The molecule has 0 aromatic carbocycles. The van der Waals surface area contributed by atoms with Gasteiger partial charge in [0.2, 0.25) is 0 Å². The molecule has 0 saturated heterocycles. The van der Waals surface area contributed by atoms with Crippen molar-refractivity contribution in [2.45, 2.75) is 322 Å². The first-order chi connectivity index (χ1) is 37.5. The summed E-state index contributed by atoms with van der Waals surface area (Å²) in [6.45, 7) is 4.23. The summed E-state index contributed by atoms with van der Waals surface area (Å²) in [5.41, 5.74) is 0. The second-order valence-corrected chi connectivity index (χ2v) is 24.9. The van der Waals surface area contributed by atoms with E-state index in [1.807, 2.05) is 21.1 Å². The van der Waals surface area contributed by atoms with Gasteiger partial charge in [-0.3, -0.25) is 14.2 Å². The van der Waals surface area contributed by atoms with Crippen molar-refractivity contribution in [1.82, 2.24) is 0 Å². The fourth-order valence-corrected chi connectivity index (χ4v) is 10.2. The number of ether oxygens (including phenoxy) is 2. The Hall–Kier alpha value is -2.03. The van der Waals surface area contributed by atoms with Gasteiger partial charge >= 0.3 is 11.9 Å². The zero-order chi connectivity index (χ0) is 56.3. The molecule has 0 saturated carbocycles. The molecule has 2 atom stereocenters. The van der Waals surface area contributed by atoms with Gasteiger partial charge in [-0.15, -0.1) is 0 Å². The molecule has 452 valence electrons. The topological polar surface area (TPSA) is 111 Å². The second kappa shape index (κ2) is 58.6. The Morgan fingerprint density at radius 1 is 0.403 bits per heavy atom. The average Bonchev–Trinajstić information content (AvgIpc) is 3.39. The maximum atomic E-state index is 12.8. The first-order valence-electron chi connectivity index (χ1n) is 32.8. The highest BCUT2D eigenvalue weighted by atomic mass is 31.2. The highest BCUT2D eigenvalue weighted by molar-refractivity contribution is 7.45. The van der Waals surface area contributed by atoms with E-state index in [2.05, 4.69) is 62.5 Å². The molecule has 0 heterocycles. The van der Waals surface area contributed by atoms with Gasteiger partial charge in [0.1, 0.15) is 19.8 Å². The van der Waals surface area contributed by atoms with Crippen LogP contribution in [0.15, 0.2) is 48.6 Å². The highest BCUT2D eigenvalue weighted by Crippen LogP contribution is 2.38. The predicted octanol–water partition coefficient (Wildman–Crippen LogP) is 20.2. The molecule has 0 N–H and O–H groups in total. The minimum absolute atomic E-state index is 0.0321. The molecule has 10 heteroatoms. The average molecular weight is 1100 g/mol. The first-order valence-corrected chi connectivity index (χ1v) is 34.3. The molecule has 0 amide bonds. The summed E-state index contributed by atoms with van der Waals surface area (Å²) in [4.78, 5) is 37.9. The van der Waals surface area contributed by atoms with Crippen LogP contribution in [0.3, 0.4) is 0 Å². The lowest BCUT2D eigenvalue weighted by Gasteiger charge is -2.28. The molecule has 0 aliphatic rings. The van der Waals surface area contributed by atoms with Crippen molar-refractivity contribution in [2.24, 2.45) is 0 Å². The van der Waals surface area contributed by atoms with Crippen molar-refractivity contribution < 1.29 is 42.1 Å². The Kier molecular flexibility index (Phi) is 57.1. The number of unbranched alkanes of at least 4 members (excludes halogenated alkanes) is 39. The fraction of sp³-hybridized carbons (Fsp3) is 0.851. The summed E-state index contributed by atoms with van der Waals surface area (Å²) < 4.78 is 34.2. The van der Waals surface area contributed by atoms with E-state index < -0.39 is 32.5 Å². The molecule has 2 unspecified atom stereocenters. The van der Waals surface area contributed by atoms with Crippen molar-refractivity contribution in [3.05, 3.63) is 48.6 Å². The first kappa shape index (κ1) is 75.0. The zero-order valence-electron chi connectivity index (χ0n) is 51.4. The molecule has 0 aromatic heterocycles. The van der Waals surface area contributed by atoms with Crippen molar-refractivity contribution in [3.8, 4) is 0 Å². The zero-order valence-corrected chi connectivity index (χ0v) is 52.3. The van der Waals surface area contributed by atoms with Crippen LogP contribution in [0.25, 0.3) is 0 Å². The molecule has 0 fully saturated rings. The van der Waals surface area contributed by atoms with Gasteiger partial charge < -0.3 is 27.9 Å². The molecule has 0 bridgehead atoms. The number of carbonyl (C=O) groups excluding carboxylic acids is 2. The number of allylic oxidation sites excluding steroid dienone is 8. The second-order valence-electron chi connectivity index (χ2n) is 23.5. The Morgan fingerprint density at radius 2 is 0.701 bits per heavy atom. The number of quaternary nitrogens is 1. The van der Waals surface area contributed by atoms with E-state index in [0.29, 0.717) is 23.9 Å². The molecule has 0 aliphatic heterocycles. The summed E-state index contributed by atoms with van der Waals surface area (Å²) in [5, 5.41) is 0. The van der Waals surface area contributed by atoms with Gasteiger partial charge in [-0.05, 0) is 77.0 Å². The van der Waals surface area contributed by atoms with E-state index in [0.717, 1.165) is 57.8 Å². The molecule has 0 aliphatic carbocycles. The van der Waals surface area contributed by atoms with Crippen LogP contribution in [0.2, 0.25) is 0 Å². The van der Waals surface area contributed by atoms with Crippen LogP contribution in [-0.4, -0.2) is 70.0 Å². The van der Waals surface area contributed by atoms with Gasteiger partial charge in [-0.25, -0.2) is 0 Å². The Bertz CT molecular complexity index is 1440. The minimum atomic E-state index is -4.64. The molecule has 0 radical (unpaired) electrons. The van der Waals surface area contributed by atoms with E-state index in [9.17, 15) is 19.0 Å². The normalized spacial score (nSPS) is 13.5. The third kappa shape index (κ3) is 63.0. The fourth-order valence-electron chi connectivity index (χ4n) is 9.48. The van der Waals surface area contributed by atoms with Crippen LogP contribution in [-0.2, 0) is 32.7 Å². The van der Waals surface area contributed by atoms with Gasteiger partial charge in [0.05, 0.1) is 27.7 Å². The molecule has 77 heavy (non-hydrogen) atoms. The number of hydrogen-bond donors (Lipinski definition) is 0. The third-order valence-electron chi connectivity index (χ3n) is 14.6. The van der Waals surface area contributed by atoms with Crippen molar-refractivity contribution in [3.63, 3.8) is 0 Å². The van der Waals surface area contributed by atoms with E-state index in [-0.39, 0.29) is 26.1 Å². The van der Waals surface area contributed by atoms with Crippen LogP contribution >= 0.6 is 7.82 Å². The SMILES string of the molecule is CCCCCC/C=C\C/C=C\CCCCCCCC(=O)OCC(COP(=O)([O-])OCC[N+](C)(C)C)OC(=O)CCCCCCCCCCCCCCCCCCCCCCCCCCC/C=C\C/C=C\CCCCCCC. The summed E-state index contributed by atoms with van der Waals surface area (Å²) in [6, 6.07) is 0. The lowest BCUT2D eigenvalue weighted by atomic mass is 10.0. The van der Waals surface area contributed by atoms with Gasteiger partial charge in [0.25, 0.3) is 7.82 Å². The van der Waals surface area contributed by atoms with E-state index in [1.165, 1.54) is 218 Å². The number of phosphoric ester groups is 1. The van der Waals surface area contributed by atoms with Crippen molar-refractivity contribution >= 4 is 19.8 Å². The highest BCUT2D eigenvalue weighted by Gasteiger charge is 2.22. The summed E-state index contributed by atoms with van der Waals surface area (Å²) >= 11 is 0. The number of nitrogens with zero attached hydrogens (tertiary/aromatic N) is 1. The maximum Gasteiger partial charge on any atom is 0.306 e. The van der Waals surface area contributed by atoms with Crippen LogP contribution < -0.4 is 4.89 Å². The number of phosphoric acid groups is 1. The standard InChI is InChI=1S/C67H126NO8P/c1-6-8-10-12-14-16-18-20-22-24-25-26-27-28-29-30-31-32-33-34-35-36-37-38-39-40-41-42-43-44-46-48-50-52-54-56-58-60-67(70)76-65(64-75-77(71,72)74-62-61-68(3,4)5)63-73-66(69)59-57-55-53-51-49-47-45-23-21-19-17-15-13-11-9-7-2/h17-20,23-25,45,65H,6-16,21-22,26-44,46-64H2,1-5H3/b19-17-,20-18-,25-24-,45-23-. The van der Waals surface area contributed by atoms with Gasteiger partial charge in [-0.1, -0.05) is 274 Å². The van der Waals surface area contributed by atoms with Crippen LogP contribution in [0.5, 0.6) is 0 Å². The number of likely N-dealkylation sites (N-methyl/N-ethyl adjacent to an activating group) is 1. The van der Waals surface area contributed by atoms with Crippen molar-refractivity contribution in [2.75, 3.05) is 47.5 Å². The van der Waals surface area contributed by atoms with Gasteiger partial charge in [-0.2, -0.15) is 0 Å². The molecule has 0 aromatic rings. The lowest BCUT2D eigenvalue weighted by Crippen LogP contribution is -2.37. The van der Waals surface area contributed by atoms with Gasteiger partial charge in [0, 0.05) is 12.8 Å². The maximum absolute atomic E-state index is 12.8. The molecule has 0 spiro atoms. The number of esters is 2. The Balaban J connectivity index is 3.94. The largest absolute Gasteiger partial charge is 0.756 e. The lowest BCUT2D eigenvalue weighted by molar-refractivity contribution is -0.870. The molecular formula is C67H126NO8P. The quantitative estimate of drug-likeness (QED) is 0.0195. The van der Waals surface area contributed by atoms with Gasteiger partial charge in [0.15, 0.2) is 6.10 Å². The van der Waals surface area contributed by atoms with Crippen LogP contribution in [0, 0.1) is 0 Å². The monoisotopic (exact) mass is 1100 g/mol. The summed E-state index contributed by atoms with van der Waals surface area (Å²) in [5.74, 6) is -0.837.